The molecule has 0 saturated carbocycles. The molecule has 0 N–H and O–H groups in total. The van der Waals surface area contributed by atoms with Gasteiger partial charge < -0.3 is 0 Å². The van der Waals surface area contributed by atoms with E-state index in [1.165, 1.54) is 116 Å². The molecule has 0 saturated heterocycles. The summed E-state index contributed by atoms with van der Waals surface area (Å²) < 4.78 is 14.4. The highest BCUT2D eigenvalue weighted by Crippen LogP contribution is 2.60. The van der Waals surface area contributed by atoms with Crippen LogP contribution < -0.4 is 0 Å². The summed E-state index contributed by atoms with van der Waals surface area (Å²) in [5.41, 5.74) is 0. The van der Waals surface area contributed by atoms with Crippen LogP contribution in [0.2, 0.25) is 0 Å². The molecule has 0 heterocycles. The van der Waals surface area contributed by atoms with Crippen molar-refractivity contribution in [3.05, 3.63) is 0 Å². The maximum Gasteiger partial charge on any atom is 0.167 e. The van der Waals surface area contributed by atoms with Gasteiger partial charge in [0.15, 0.2) is 7.51 Å². The Morgan fingerprint density at radius 1 is 0.419 bits per heavy atom. The largest absolute Gasteiger partial charge is 0.261 e. The van der Waals surface area contributed by atoms with E-state index < -0.39 is 7.51 Å². The molecule has 0 rings (SSSR count). The summed E-state index contributed by atoms with van der Waals surface area (Å²) in [7, 11) is -1.88. The number of unbranched alkanes of at least 4 members (excludes halogenated alkanes) is 6. The van der Waals surface area contributed by atoms with Crippen molar-refractivity contribution in [3.63, 3.8) is 0 Å². The lowest BCUT2D eigenvalue weighted by molar-refractivity contribution is 0.290. The molecule has 0 atom stereocenters. The maximum atomic E-state index is 5.66. The van der Waals surface area contributed by atoms with Crippen LogP contribution in [0.3, 0.4) is 0 Å². The Morgan fingerprint density at radius 2 is 0.645 bits per heavy atom. The molecule has 0 aromatic heterocycles. The minimum atomic E-state index is -1.88. The van der Waals surface area contributed by atoms with Gasteiger partial charge in [-0.15, -0.1) is 0 Å². The molecular formula is C26H59N4P. The van der Waals surface area contributed by atoms with E-state index in [1.54, 1.807) is 0 Å². The van der Waals surface area contributed by atoms with Crippen LogP contribution in [0.1, 0.15) is 126 Å². The molecule has 0 spiro atoms. The van der Waals surface area contributed by atoms with Crippen molar-refractivity contribution in [2.45, 2.75) is 126 Å². The summed E-state index contributed by atoms with van der Waals surface area (Å²) in [5, 5.41) is 0. The third kappa shape index (κ3) is 11.2. The number of hydrogen-bond donors (Lipinski definition) is 0. The first-order valence-corrected chi connectivity index (χ1v) is 15.6. The normalized spacial score (nSPS) is 12.5. The molecule has 0 bridgehead atoms. The van der Waals surface area contributed by atoms with Crippen molar-refractivity contribution in [1.29, 1.82) is 0 Å². The van der Waals surface area contributed by atoms with Crippen LogP contribution >= 0.6 is 7.51 Å². The summed E-state index contributed by atoms with van der Waals surface area (Å²) in [6, 6.07) is 0. The molecule has 0 aliphatic rings. The van der Waals surface area contributed by atoms with Crippen molar-refractivity contribution in [2.24, 2.45) is 4.74 Å². The highest BCUT2D eigenvalue weighted by molar-refractivity contribution is 7.59. The zero-order chi connectivity index (χ0) is 23.4. The lowest BCUT2D eigenvalue weighted by Gasteiger charge is -2.50. The van der Waals surface area contributed by atoms with E-state index in [0.717, 1.165) is 6.54 Å². The highest BCUT2D eigenvalue weighted by Gasteiger charge is 2.38. The van der Waals surface area contributed by atoms with E-state index >= 15 is 0 Å². The molecule has 5 heteroatoms. The lowest BCUT2D eigenvalue weighted by Crippen LogP contribution is -2.43. The van der Waals surface area contributed by atoms with Gasteiger partial charge in [-0.1, -0.05) is 80.1 Å². The summed E-state index contributed by atoms with van der Waals surface area (Å²) in [6.45, 7) is 24.5. The first kappa shape index (κ1) is 31.1. The maximum absolute atomic E-state index is 5.66. The Hall–Kier alpha value is 0.110. The van der Waals surface area contributed by atoms with Gasteiger partial charge >= 0.3 is 0 Å². The quantitative estimate of drug-likeness (QED) is 0.151. The van der Waals surface area contributed by atoms with Gasteiger partial charge in [-0.3, -0.25) is 4.74 Å². The average molecular weight is 459 g/mol. The third-order valence-corrected chi connectivity index (χ3v) is 10.2. The molecule has 0 fully saturated rings. The van der Waals surface area contributed by atoms with Gasteiger partial charge in [0.25, 0.3) is 0 Å². The SMILES string of the molecule is CCCCN(CCCC)P(=NCC)(N(CCCC)CCCC)N(CCCC)CCCC. The Balaban J connectivity index is 6.56. The zero-order valence-electron chi connectivity index (χ0n) is 22.7. The van der Waals surface area contributed by atoms with Crippen LogP contribution in [-0.2, 0) is 0 Å². The minimum absolute atomic E-state index is 0.937. The van der Waals surface area contributed by atoms with Crippen LogP contribution in [0.25, 0.3) is 0 Å². The summed E-state index contributed by atoms with van der Waals surface area (Å²) in [5.74, 6) is 0. The van der Waals surface area contributed by atoms with E-state index in [1.807, 2.05) is 0 Å². The van der Waals surface area contributed by atoms with Gasteiger partial charge in [-0.25, -0.2) is 14.0 Å². The smallest absolute Gasteiger partial charge is 0.167 e. The average Bonchev–Trinajstić information content (AvgIpc) is 2.78. The molecule has 0 aromatic rings. The fraction of sp³-hybridized carbons (Fsp3) is 1.00. The lowest BCUT2D eigenvalue weighted by atomic mass is 10.3. The van der Waals surface area contributed by atoms with Gasteiger partial charge in [0.2, 0.25) is 0 Å². The van der Waals surface area contributed by atoms with Crippen molar-refractivity contribution in [3.8, 4) is 0 Å². The molecule has 0 radical (unpaired) electrons. The van der Waals surface area contributed by atoms with E-state index in [4.69, 9.17) is 4.74 Å². The second-order valence-corrected chi connectivity index (χ2v) is 12.0. The predicted octanol–water partition coefficient (Wildman–Crippen LogP) is 8.66. The second kappa shape index (κ2) is 20.7. The molecule has 0 unspecified atom stereocenters. The first-order chi connectivity index (χ1) is 15.1. The van der Waals surface area contributed by atoms with Gasteiger partial charge in [-0.2, -0.15) is 0 Å². The molecule has 0 aliphatic heterocycles. The van der Waals surface area contributed by atoms with Crippen LogP contribution in [0, 0.1) is 0 Å². The molecule has 31 heavy (non-hydrogen) atoms. The van der Waals surface area contributed by atoms with Crippen LogP contribution in [-0.4, -0.2) is 59.8 Å². The Morgan fingerprint density at radius 3 is 0.806 bits per heavy atom. The zero-order valence-corrected chi connectivity index (χ0v) is 23.6. The Bertz CT molecular complexity index is 360. The van der Waals surface area contributed by atoms with Crippen LogP contribution in [0.5, 0.6) is 0 Å². The molecule has 4 nitrogen and oxygen atoms in total. The van der Waals surface area contributed by atoms with Crippen LogP contribution in [0.15, 0.2) is 4.74 Å². The minimum Gasteiger partial charge on any atom is -0.261 e. The highest BCUT2D eigenvalue weighted by atomic mass is 31.2. The molecular weight excluding hydrogens is 399 g/mol. The van der Waals surface area contributed by atoms with Gasteiger partial charge in [0.05, 0.1) is 0 Å². The van der Waals surface area contributed by atoms with E-state index in [2.05, 4.69) is 62.5 Å². The van der Waals surface area contributed by atoms with E-state index in [-0.39, 0.29) is 0 Å². The Labute approximate surface area is 197 Å². The Kier molecular flexibility index (Phi) is 20.8. The van der Waals surface area contributed by atoms with Crippen LogP contribution in [0.4, 0.5) is 0 Å². The molecule has 188 valence electrons. The fourth-order valence-electron chi connectivity index (χ4n) is 4.18. The predicted molar refractivity (Wildman–Crippen MR) is 144 cm³/mol. The summed E-state index contributed by atoms with van der Waals surface area (Å²) >= 11 is 0. The van der Waals surface area contributed by atoms with Crippen molar-refractivity contribution in [2.75, 3.05) is 45.8 Å². The fourth-order valence-corrected chi connectivity index (χ4v) is 8.63. The van der Waals surface area contributed by atoms with Crippen molar-refractivity contribution >= 4 is 7.51 Å². The third-order valence-electron chi connectivity index (χ3n) is 6.09. The number of hydrogen-bond acceptors (Lipinski definition) is 1. The van der Waals surface area contributed by atoms with Gasteiger partial charge in [0.1, 0.15) is 0 Å². The summed E-state index contributed by atoms with van der Waals surface area (Å²) in [6.07, 6.45) is 15.3. The second-order valence-electron chi connectivity index (χ2n) is 8.98. The topological polar surface area (TPSA) is 22.1 Å². The summed E-state index contributed by atoms with van der Waals surface area (Å²) in [4.78, 5) is 0. The molecule has 0 amide bonds. The molecule has 0 aromatic carbocycles. The number of rotatable bonds is 22. The van der Waals surface area contributed by atoms with Gasteiger partial charge in [-0.05, 0) is 45.4 Å². The van der Waals surface area contributed by atoms with Crippen molar-refractivity contribution in [1.82, 2.24) is 14.0 Å². The molecule has 0 aliphatic carbocycles. The monoisotopic (exact) mass is 458 g/mol. The van der Waals surface area contributed by atoms with Crippen molar-refractivity contribution < 1.29 is 0 Å². The van der Waals surface area contributed by atoms with E-state index in [0.29, 0.717) is 0 Å². The first-order valence-electron chi connectivity index (χ1n) is 14.0. The van der Waals surface area contributed by atoms with Gasteiger partial charge in [0, 0.05) is 45.8 Å². The van der Waals surface area contributed by atoms with E-state index in [9.17, 15) is 0 Å². The number of nitrogens with zero attached hydrogens (tertiary/aromatic N) is 4. The standard InChI is InChI=1S/C26H59N4P/c1-8-15-21-28(22-16-9-2)31(27-14-7,29(23-17-10-3)24-18-11-4)30(25-19-12-5)26-20-13-6/h8-26H2,1-7H3.